The van der Waals surface area contributed by atoms with Crippen molar-refractivity contribution in [2.45, 2.75) is 158 Å². The SMILES string of the molecule is CCCCCCc1c(N=C(C)CC)cc(N=C(C)CC)c(CCCCCC)c1CCCCCC. The lowest BCUT2D eigenvalue weighted by molar-refractivity contribution is 0.640. The summed E-state index contributed by atoms with van der Waals surface area (Å²) >= 11 is 0. The summed E-state index contributed by atoms with van der Waals surface area (Å²) in [5.41, 5.74) is 9.56. The lowest BCUT2D eigenvalue weighted by atomic mass is 9.87. The Balaban J connectivity index is 3.61. The van der Waals surface area contributed by atoms with E-state index in [1.807, 2.05) is 0 Å². The van der Waals surface area contributed by atoms with Crippen molar-refractivity contribution in [3.05, 3.63) is 22.8 Å². The van der Waals surface area contributed by atoms with Crippen molar-refractivity contribution < 1.29 is 0 Å². The maximum atomic E-state index is 5.17. The predicted octanol–water partition coefficient (Wildman–Crippen LogP) is 11.1. The van der Waals surface area contributed by atoms with Gasteiger partial charge < -0.3 is 0 Å². The van der Waals surface area contributed by atoms with Gasteiger partial charge in [0.15, 0.2) is 0 Å². The van der Waals surface area contributed by atoms with E-state index in [0.29, 0.717) is 0 Å². The van der Waals surface area contributed by atoms with E-state index in [0.717, 1.165) is 25.7 Å². The lowest BCUT2D eigenvalue weighted by Crippen LogP contribution is -2.05. The molecule has 0 fully saturated rings. The Morgan fingerprint density at radius 3 is 1.18 bits per heavy atom. The molecule has 1 aromatic carbocycles. The summed E-state index contributed by atoms with van der Waals surface area (Å²) in [5.74, 6) is 0. The number of nitrogens with zero attached hydrogens (tertiary/aromatic N) is 2. The van der Waals surface area contributed by atoms with Crippen molar-refractivity contribution in [2.75, 3.05) is 0 Å². The first-order valence-electron chi connectivity index (χ1n) is 14.8. The van der Waals surface area contributed by atoms with E-state index < -0.39 is 0 Å². The Morgan fingerprint density at radius 2 is 0.853 bits per heavy atom. The van der Waals surface area contributed by atoms with Crippen LogP contribution in [-0.4, -0.2) is 11.4 Å². The summed E-state index contributed by atoms with van der Waals surface area (Å²) < 4.78 is 0. The Labute approximate surface area is 213 Å². The zero-order valence-corrected chi connectivity index (χ0v) is 24.0. The van der Waals surface area contributed by atoms with Gasteiger partial charge in [-0.1, -0.05) is 92.4 Å². The van der Waals surface area contributed by atoms with Crippen LogP contribution in [-0.2, 0) is 19.3 Å². The summed E-state index contributed by atoms with van der Waals surface area (Å²) in [6, 6.07) is 2.35. The second kappa shape index (κ2) is 18.8. The van der Waals surface area contributed by atoms with E-state index in [1.54, 1.807) is 16.7 Å². The third-order valence-corrected chi connectivity index (χ3v) is 7.11. The molecular formula is C32H56N2. The van der Waals surface area contributed by atoms with Crippen molar-refractivity contribution in [1.29, 1.82) is 0 Å². The Kier molecular flexibility index (Phi) is 16.9. The molecule has 1 aromatic rings. The van der Waals surface area contributed by atoms with Gasteiger partial charge in [-0.15, -0.1) is 0 Å². The number of rotatable bonds is 19. The zero-order valence-electron chi connectivity index (χ0n) is 24.0. The standard InChI is InChI=1S/C32H56N2/c1-8-13-16-19-22-28-29(23-20-17-14-9-2)31(33-26(6)11-4)25-32(34-27(7)12-5)30(28)24-21-18-15-10-3/h25H,8-24H2,1-7H3. The van der Waals surface area contributed by atoms with Gasteiger partial charge >= 0.3 is 0 Å². The van der Waals surface area contributed by atoms with Crippen LogP contribution in [0.15, 0.2) is 16.1 Å². The van der Waals surface area contributed by atoms with Crippen molar-refractivity contribution in [2.24, 2.45) is 9.98 Å². The molecule has 0 aromatic heterocycles. The highest BCUT2D eigenvalue weighted by molar-refractivity contribution is 5.87. The molecule has 0 aliphatic heterocycles. The molecular weight excluding hydrogens is 412 g/mol. The molecule has 0 spiro atoms. The molecule has 2 heteroatoms. The van der Waals surface area contributed by atoms with Gasteiger partial charge in [0.2, 0.25) is 0 Å². The van der Waals surface area contributed by atoms with Crippen LogP contribution < -0.4 is 0 Å². The Morgan fingerprint density at radius 1 is 0.500 bits per heavy atom. The van der Waals surface area contributed by atoms with E-state index in [2.05, 4.69) is 54.5 Å². The maximum Gasteiger partial charge on any atom is 0.0685 e. The molecule has 0 aliphatic rings. The second-order valence-electron chi connectivity index (χ2n) is 10.2. The Bertz CT molecular complexity index is 688. The predicted molar refractivity (Wildman–Crippen MR) is 156 cm³/mol. The maximum absolute atomic E-state index is 5.17. The third kappa shape index (κ3) is 11.3. The molecule has 2 nitrogen and oxygen atoms in total. The van der Waals surface area contributed by atoms with Crippen LogP contribution >= 0.6 is 0 Å². The van der Waals surface area contributed by atoms with Crippen LogP contribution in [0.3, 0.4) is 0 Å². The fourth-order valence-electron chi connectivity index (χ4n) is 4.61. The Hall–Kier alpha value is -1.44. The molecule has 0 heterocycles. The highest BCUT2D eigenvalue weighted by atomic mass is 14.8. The molecule has 34 heavy (non-hydrogen) atoms. The first kappa shape index (κ1) is 30.6. The van der Waals surface area contributed by atoms with Crippen LogP contribution in [0.4, 0.5) is 11.4 Å². The average molecular weight is 469 g/mol. The topological polar surface area (TPSA) is 24.7 Å². The number of hydrogen-bond acceptors (Lipinski definition) is 2. The number of hydrogen-bond donors (Lipinski definition) is 0. The molecule has 0 N–H and O–H groups in total. The molecule has 0 saturated carbocycles. The zero-order chi connectivity index (χ0) is 25.2. The number of benzene rings is 1. The summed E-state index contributed by atoms with van der Waals surface area (Å²) in [7, 11) is 0. The van der Waals surface area contributed by atoms with Crippen molar-refractivity contribution >= 4 is 22.8 Å². The quantitative estimate of drug-likeness (QED) is 0.142. The van der Waals surface area contributed by atoms with E-state index in [4.69, 9.17) is 9.98 Å². The summed E-state index contributed by atoms with van der Waals surface area (Å²) in [6.45, 7) is 15.7. The fraction of sp³-hybridized carbons (Fsp3) is 0.750. The van der Waals surface area contributed by atoms with Gasteiger partial charge in [-0.25, -0.2) is 0 Å². The molecule has 0 atom stereocenters. The monoisotopic (exact) mass is 468 g/mol. The third-order valence-electron chi connectivity index (χ3n) is 7.11. The van der Waals surface area contributed by atoms with E-state index in [-0.39, 0.29) is 0 Å². The number of unbranched alkanes of at least 4 members (excludes halogenated alkanes) is 9. The largest absolute Gasteiger partial charge is 0.258 e. The molecule has 0 unspecified atom stereocenters. The van der Waals surface area contributed by atoms with Crippen molar-refractivity contribution in [1.82, 2.24) is 0 Å². The normalized spacial score (nSPS) is 12.6. The first-order valence-corrected chi connectivity index (χ1v) is 14.8. The molecule has 0 aliphatic carbocycles. The van der Waals surface area contributed by atoms with E-state index in [9.17, 15) is 0 Å². The highest BCUT2D eigenvalue weighted by Crippen LogP contribution is 2.38. The molecule has 0 saturated heterocycles. The van der Waals surface area contributed by atoms with Crippen molar-refractivity contribution in [3.8, 4) is 0 Å². The summed E-state index contributed by atoms with van der Waals surface area (Å²) in [5, 5.41) is 0. The second-order valence-corrected chi connectivity index (χ2v) is 10.2. The molecule has 0 bridgehead atoms. The van der Waals surface area contributed by atoms with Crippen LogP contribution in [0.25, 0.3) is 0 Å². The molecule has 0 amide bonds. The minimum atomic E-state index is 1.01. The van der Waals surface area contributed by atoms with Gasteiger partial charge in [0.25, 0.3) is 0 Å². The van der Waals surface area contributed by atoms with Crippen LogP contribution in [0, 0.1) is 0 Å². The lowest BCUT2D eigenvalue weighted by Gasteiger charge is -2.21. The van der Waals surface area contributed by atoms with Gasteiger partial charge in [0.05, 0.1) is 11.4 Å². The van der Waals surface area contributed by atoms with E-state index >= 15 is 0 Å². The van der Waals surface area contributed by atoms with Gasteiger partial charge in [0, 0.05) is 11.4 Å². The number of aliphatic imine (C=N–C) groups is 2. The van der Waals surface area contributed by atoms with Crippen LogP contribution in [0.2, 0.25) is 0 Å². The molecule has 1 rings (SSSR count). The van der Waals surface area contributed by atoms with Gasteiger partial charge in [0.1, 0.15) is 0 Å². The fourth-order valence-corrected chi connectivity index (χ4v) is 4.61. The van der Waals surface area contributed by atoms with Crippen LogP contribution in [0.1, 0.15) is 155 Å². The van der Waals surface area contributed by atoms with Gasteiger partial charge in [-0.2, -0.15) is 0 Å². The van der Waals surface area contributed by atoms with Gasteiger partial charge in [-0.05, 0) is 88.0 Å². The molecule has 0 radical (unpaired) electrons. The molecule has 194 valence electrons. The summed E-state index contributed by atoms with van der Waals surface area (Å²) in [4.78, 5) is 10.3. The minimum Gasteiger partial charge on any atom is -0.258 e. The van der Waals surface area contributed by atoms with Crippen LogP contribution in [0.5, 0.6) is 0 Å². The highest BCUT2D eigenvalue weighted by Gasteiger charge is 2.18. The van der Waals surface area contributed by atoms with Crippen molar-refractivity contribution in [3.63, 3.8) is 0 Å². The van der Waals surface area contributed by atoms with Gasteiger partial charge in [-0.3, -0.25) is 9.98 Å². The smallest absolute Gasteiger partial charge is 0.0685 e. The average Bonchev–Trinajstić information content (AvgIpc) is 2.84. The first-order chi connectivity index (χ1) is 16.5. The minimum absolute atomic E-state index is 1.01. The van der Waals surface area contributed by atoms with E-state index in [1.165, 1.54) is 106 Å². The summed E-state index contributed by atoms with van der Waals surface area (Å²) in [6.07, 6.45) is 21.2.